The Labute approximate surface area is 108 Å². The van der Waals surface area contributed by atoms with Gasteiger partial charge in [-0.3, -0.25) is 0 Å². The maximum Gasteiger partial charge on any atom is 0.335 e. The molecule has 1 heterocycles. The van der Waals surface area contributed by atoms with Gasteiger partial charge in [-0.25, -0.2) is 17.5 Å². The number of hydrogen-bond acceptors (Lipinski definition) is 3. The van der Waals surface area contributed by atoms with Crippen LogP contribution in [0.1, 0.15) is 13.3 Å². The first kappa shape index (κ1) is 12.4. The van der Waals surface area contributed by atoms with Crippen molar-refractivity contribution in [1.29, 1.82) is 0 Å². The summed E-state index contributed by atoms with van der Waals surface area (Å²) in [4.78, 5) is 11.8. The van der Waals surface area contributed by atoms with Crippen LogP contribution >= 0.6 is 15.9 Å². The van der Waals surface area contributed by atoms with Gasteiger partial charge in [-0.1, -0.05) is 22.9 Å². The van der Waals surface area contributed by atoms with E-state index in [-0.39, 0.29) is 11.4 Å². The fraction of sp³-hybridized carbons (Fsp3) is 0.300. The number of fused-ring (bicyclic) bond motifs is 1. The molecule has 0 saturated heterocycles. The summed E-state index contributed by atoms with van der Waals surface area (Å²) in [5.74, 6) is 0. The normalized spacial score (nSPS) is 17.5. The van der Waals surface area contributed by atoms with Gasteiger partial charge < -0.3 is 5.32 Å². The van der Waals surface area contributed by atoms with Crippen molar-refractivity contribution in [2.24, 2.45) is 0 Å². The molecule has 17 heavy (non-hydrogen) atoms. The van der Waals surface area contributed by atoms with Crippen molar-refractivity contribution in [2.75, 3.05) is 11.9 Å². The zero-order chi connectivity index (χ0) is 12.6. The zero-order valence-corrected chi connectivity index (χ0v) is 11.5. The van der Waals surface area contributed by atoms with E-state index in [4.69, 9.17) is 0 Å². The Morgan fingerprint density at radius 1 is 1.41 bits per heavy atom. The molecule has 1 aromatic rings. The minimum absolute atomic E-state index is 0.125. The van der Waals surface area contributed by atoms with Crippen molar-refractivity contribution in [2.45, 2.75) is 18.2 Å². The van der Waals surface area contributed by atoms with Crippen LogP contribution in [0.4, 0.5) is 10.5 Å². The predicted octanol–water partition coefficient (Wildman–Crippen LogP) is 2.40. The van der Waals surface area contributed by atoms with Gasteiger partial charge in [0.1, 0.15) is 4.90 Å². The van der Waals surface area contributed by atoms with E-state index in [1.54, 1.807) is 12.1 Å². The molecule has 0 saturated carbocycles. The summed E-state index contributed by atoms with van der Waals surface area (Å²) in [6.07, 6.45) is 0.579. The van der Waals surface area contributed by atoms with Crippen LogP contribution in [0.5, 0.6) is 0 Å². The summed E-state index contributed by atoms with van der Waals surface area (Å²) in [5.41, 5.74) is 0.325. The molecule has 1 aliphatic heterocycles. The van der Waals surface area contributed by atoms with Crippen LogP contribution in [0.15, 0.2) is 27.6 Å². The number of carbonyl (C=O) groups excluding carboxylic acids is 1. The van der Waals surface area contributed by atoms with E-state index in [1.807, 2.05) is 6.92 Å². The van der Waals surface area contributed by atoms with Gasteiger partial charge in [0.25, 0.3) is 10.0 Å². The molecule has 0 aliphatic carbocycles. The van der Waals surface area contributed by atoms with Gasteiger partial charge in [0.2, 0.25) is 0 Å². The number of carbonyl (C=O) groups is 1. The Balaban J connectivity index is 2.59. The van der Waals surface area contributed by atoms with Crippen LogP contribution in [-0.4, -0.2) is 25.3 Å². The summed E-state index contributed by atoms with van der Waals surface area (Å²) in [7, 11) is -3.73. The third kappa shape index (κ3) is 2.04. The number of halogens is 1. The molecule has 0 bridgehead atoms. The Hall–Kier alpha value is -1.08. The van der Waals surface area contributed by atoms with E-state index >= 15 is 0 Å². The lowest BCUT2D eigenvalue weighted by Crippen LogP contribution is -2.44. The molecule has 0 spiro atoms. The van der Waals surface area contributed by atoms with Crippen LogP contribution < -0.4 is 5.32 Å². The molecule has 0 unspecified atom stereocenters. The monoisotopic (exact) mass is 318 g/mol. The Morgan fingerprint density at radius 3 is 2.76 bits per heavy atom. The molecule has 7 heteroatoms. The highest BCUT2D eigenvalue weighted by atomic mass is 79.9. The summed E-state index contributed by atoms with van der Waals surface area (Å²) < 4.78 is 25.9. The molecule has 0 aromatic heterocycles. The fourth-order valence-electron chi connectivity index (χ4n) is 1.64. The van der Waals surface area contributed by atoms with Crippen LogP contribution in [0.2, 0.25) is 0 Å². The SMILES string of the molecule is CCCN1C(=O)Nc2ccc(Br)cc2S1(=O)=O. The van der Waals surface area contributed by atoms with Crippen molar-refractivity contribution < 1.29 is 13.2 Å². The number of nitrogens with one attached hydrogen (secondary N) is 1. The Kier molecular flexibility index (Phi) is 3.13. The van der Waals surface area contributed by atoms with E-state index in [0.717, 1.165) is 4.31 Å². The van der Waals surface area contributed by atoms with Gasteiger partial charge in [0.15, 0.2) is 0 Å². The first-order valence-electron chi connectivity index (χ1n) is 5.10. The molecular weight excluding hydrogens is 308 g/mol. The average Bonchev–Trinajstić information content (AvgIpc) is 2.26. The summed E-state index contributed by atoms with van der Waals surface area (Å²) in [6.45, 7) is 2.00. The number of benzene rings is 1. The second kappa shape index (κ2) is 4.30. The molecule has 92 valence electrons. The molecule has 0 fully saturated rings. The van der Waals surface area contributed by atoms with Gasteiger partial charge in [-0.2, -0.15) is 0 Å². The number of nitrogens with zero attached hydrogens (tertiary/aromatic N) is 1. The number of urea groups is 1. The van der Waals surface area contributed by atoms with Gasteiger partial charge in [-0.05, 0) is 24.6 Å². The Morgan fingerprint density at radius 2 is 2.12 bits per heavy atom. The number of hydrogen-bond donors (Lipinski definition) is 1. The first-order chi connectivity index (χ1) is 7.96. The summed E-state index contributed by atoms with van der Waals surface area (Å²) in [5, 5.41) is 2.56. The topological polar surface area (TPSA) is 66.5 Å². The maximum atomic E-state index is 12.2. The van der Waals surface area contributed by atoms with Gasteiger partial charge in [-0.15, -0.1) is 0 Å². The third-order valence-corrected chi connectivity index (χ3v) is 4.72. The fourth-order valence-corrected chi connectivity index (χ4v) is 3.75. The minimum atomic E-state index is -3.73. The molecule has 5 nitrogen and oxygen atoms in total. The van der Waals surface area contributed by atoms with Gasteiger partial charge in [0, 0.05) is 11.0 Å². The van der Waals surface area contributed by atoms with E-state index in [0.29, 0.717) is 16.6 Å². The van der Waals surface area contributed by atoms with Crippen molar-refractivity contribution >= 4 is 37.7 Å². The lowest BCUT2D eigenvalue weighted by molar-refractivity contribution is 0.234. The second-order valence-electron chi connectivity index (χ2n) is 3.65. The average molecular weight is 319 g/mol. The highest BCUT2D eigenvalue weighted by molar-refractivity contribution is 9.10. The van der Waals surface area contributed by atoms with Crippen molar-refractivity contribution in [3.05, 3.63) is 22.7 Å². The van der Waals surface area contributed by atoms with Crippen molar-refractivity contribution in [1.82, 2.24) is 4.31 Å². The van der Waals surface area contributed by atoms with Crippen molar-refractivity contribution in [3.63, 3.8) is 0 Å². The van der Waals surface area contributed by atoms with Crippen LogP contribution in [0, 0.1) is 0 Å². The van der Waals surface area contributed by atoms with Crippen LogP contribution in [0.25, 0.3) is 0 Å². The van der Waals surface area contributed by atoms with Crippen molar-refractivity contribution in [3.8, 4) is 0 Å². The highest BCUT2D eigenvalue weighted by Crippen LogP contribution is 2.32. The highest BCUT2D eigenvalue weighted by Gasteiger charge is 2.35. The largest absolute Gasteiger partial charge is 0.335 e. The molecule has 2 rings (SSSR count). The van der Waals surface area contributed by atoms with Crippen LogP contribution in [0.3, 0.4) is 0 Å². The molecule has 2 amide bonds. The van der Waals surface area contributed by atoms with E-state index in [2.05, 4.69) is 21.2 Å². The molecule has 1 N–H and O–H groups in total. The molecule has 1 aromatic carbocycles. The van der Waals surface area contributed by atoms with E-state index < -0.39 is 16.1 Å². The maximum absolute atomic E-state index is 12.2. The summed E-state index contributed by atoms with van der Waals surface area (Å²) >= 11 is 3.22. The molecule has 0 radical (unpaired) electrons. The lowest BCUT2D eigenvalue weighted by atomic mass is 10.3. The second-order valence-corrected chi connectivity index (χ2v) is 6.39. The van der Waals surface area contributed by atoms with E-state index in [9.17, 15) is 13.2 Å². The smallest absolute Gasteiger partial charge is 0.306 e. The zero-order valence-electron chi connectivity index (χ0n) is 9.10. The molecular formula is C10H11BrN2O3S. The van der Waals surface area contributed by atoms with Gasteiger partial charge in [0.05, 0.1) is 5.69 Å². The molecule has 0 atom stereocenters. The quantitative estimate of drug-likeness (QED) is 0.910. The Bertz CT molecular complexity index is 571. The number of anilines is 1. The number of rotatable bonds is 2. The van der Waals surface area contributed by atoms with Crippen LogP contribution in [-0.2, 0) is 10.0 Å². The standard InChI is InChI=1S/C10H11BrN2O3S/c1-2-5-13-10(14)12-8-4-3-7(11)6-9(8)17(13,15)16/h3-4,6H,2,5H2,1H3,(H,12,14). The predicted molar refractivity (Wildman–Crippen MR) is 67.3 cm³/mol. The van der Waals surface area contributed by atoms with Gasteiger partial charge >= 0.3 is 6.03 Å². The third-order valence-electron chi connectivity index (χ3n) is 2.41. The number of sulfonamides is 1. The minimum Gasteiger partial charge on any atom is -0.306 e. The number of amides is 2. The summed E-state index contributed by atoms with van der Waals surface area (Å²) in [6, 6.07) is 4.15. The first-order valence-corrected chi connectivity index (χ1v) is 7.33. The molecule has 1 aliphatic rings. The van der Waals surface area contributed by atoms with E-state index in [1.165, 1.54) is 6.07 Å². The lowest BCUT2D eigenvalue weighted by Gasteiger charge is -2.28.